The summed E-state index contributed by atoms with van der Waals surface area (Å²) >= 11 is 1.79. The third-order valence-corrected chi connectivity index (χ3v) is 4.59. The quantitative estimate of drug-likeness (QED) is 0.836. The van der Waals surface area contributed by atoms with Crippen molar-refractivity contribution in [2.24, 2.45) is 0 Å². The predicted molar refractivity (Wildman–Crippen MR) is 89.4 cm³/mol. The van der Waals surface area contributed by atoms with Gasteiger partial charge in [-0.2, -0.15) is 0 Å². The van der Waals surface area contributed by atoms with E-state index in [1.54, 1.807) is 18.4 Å². The topological polar surface area (TPSA) is 34.1 Å². The Morgan fingerprint density at radius 1 is 1.33 bits per heavy atom. The second-order valence-electron chi connectivity index (χ2n) is 5.07. The van der Waals surface area contributed by atoms with Gasteiger partial charge in [-0.1, -0.05) is 26.0 Å². The maximum atomic E-state index is 5.35. The van der Waals surface area contributed by atoms with Crippen molar-refractivity contribution in [3.63, 3.8) is 0 Å². The van der Waals surface area contributed by atoms with E-state index in [2.05, 4.69) is 38.2 Å². The van der Waals surface area contributed by atoms with Crippen LogP contribution in [-0.4, -0.2) is 18.6 Å². The molecule has 0 amide bonds. The second-order valence-corrected chi connectivity index (χ2v) is 6.31. The van der Waals surface area contributed by atoms with Gasteiger partial charge in [-0.15, -0.1) is 11.3 Å². The van der Waals surface area contributed by atoms with Crippen LogP contribution in [0, 0.1) is 6.92 Å². The number of rotatable bonds is 7. The zero-order valence-electron chi connectivity index (χ0n) is 13.3. The minimum Gasteiger partial charge on any atom is -0.497 e. The Morgan fingerprint density at radius 3 is 2.76 bits per heavy atom. The van der Waals surface area contributed by atoms with Crippen LogP contribution < -0.4 is 10.1 Å². The Bertz CT molecular complexity index is 580. The highest BCUT2D eigenvalue weighted by atomic mass is 32.1. The zero-order chi connectivity index (χ0) is 15.2. The van der Waals surface area contributed by atoms with Crippen LogP contribution >= 0.6 is 11.3 Å². The molecule has 0 bridgehead atoms. The summed E-state index contributed by atoms with van der Waals surface area (Å²) in [5.41, 5.74) is 2.42. The molecule has 0 saturated carbocycles. The fourth-order valence-electron chi connectivity index (χ4n) is 2.36. The largest absolute Gasteiger partial charge is 0.497 e. The Hall–Kier alpha value is -1.39. The van der Waals surface area contributed by atoms with Gasteiger partial charge in [0, 0.05) is 4.88 Å². The molecule has 4 heteroatoms. The SMILES string of the molecule is CCCNC(c1cccc(OC)c1)c1nc(CC)c(C)s1. The van der Waals surface area contributed by atoms with Crippen LogP contribution in [0.4, 0.5) is 0 Å². The van der Waals surface area contributed by atoms with Crippen molar-refractivity contribution in [3.8, 4) is 5.75 Å². The third kappa shape index (κ3) is 3.83. The molecular weight excluding hydrogens is 280 g/mol. The Kier molecular flexibility index (Phi) is 5.76. The first-order valence-electron chi connectivity index (χ1n) is 7.53. The smallest absolute Gasteiger partial charge is 0.119 e. The monoisotopic (exact) mass is 304 g/mol. The molecule has 3 nitrogen and oxygen atoms in total. The Morgan fingerprint density at radius 2 is 2.14 bits per heavy atom. The highest BCUT2D eigenvalue weighted by Gasteiger charge is 2.19. The molecule has 0 aliphatic rings. The summed E-state index contributed by atoms with van der Waals surface area (Å²) in [6.07, 6.45) is 2.09. The number of methoxy groups -OCH3 is 1. The summed E-state index contributed by atoms with van der Waals surface area (Å²) in [4.78, 5) is 6.15. The van der Waals surface area contributed by atoms with Gasteiger partial charge < -0.3 is 10.1 Å². The van der Waals surface area contributed by atoms with E-state index in [0.29, 0.717) is 0 Å². The van der Waals surface area contributed by atoms with Crippen molar-refractivity contribution < 1.29 is 4.74 Å². The number of aryl methyl sites for hydroxylation is 2. The van der Waals surface area contributed by atoms with Crippen molar-refractivity contribution in [1.82, 2.24) is 10.3 Å². The lowest BCUT2D eigenvalue weighted by Gasteiger charge is -2.17. The first kappa shape index (κ1) is 16.0. The molecule has 1 atom stereocenters. The summed E-state index contributed by atoms with van der Waals surface area (Å²) in [6.45, 7) is 7.47. The number of benzene rings is 1. The van der Waals surface area contributed by atoms with Gasteiger partial charge in [-0.05, 0) is 44.0 Å². The first-order valence-corrected chi connectivity index (χ1v) is 8.34. The molecule has 0 radical (unpaired) electrons. The fraction of sp³-hybridized carbons (Fsp3) is 0.471. The highest BCUT2D eigenvalue weighted by molar-refractivity contribution is 7.11. The number of hydrogen-bond donors (Lipinski definition) is 1. The van der Waals surface area contributed by atoms with Crippen molar-refractivity contribution >= 4 is 11.3 Å². The van der Waals surface area contributed by atoms with Gasteiger partial charge in [0.15, 0.2) is 0 Å². The lowest BCUT2D eigenvalue weighted by Crippen LogP contribution is -2.23. The molecule has 1 aromatic heterocycles. The summed E-state index contributed by atoms with van der Waals surface area (Å²) in [5.74, 6) is 0.889. The molecular formula is C17H24N2OS. The van der Waals surface area contributed by atoms with Gasteiger partial charge in [0.25, 0.3) is 0 Å². The molecule has 2 aromatic rings. The molecule has 2 rings (SSSR count). The maximum Gasteiger partial charge on any atom is 0.119 e. The molecule has 1 aromatic carbocycles. The molecule has 1 unspecified atom stereocenters. The summed E-state index contributed by atoms with van der Waals surface area (Å²) < 4.78 is 5.35. The molecule has 114 valence electrons. The van der Waals surface area contributed by atoms with Crippen molar-refractivity contribution in [2.75, 3.05) is 13.7 Å². The van der Waals surface area contributed by atoms with E-state index in [0.717, 1.165) is 30.1 Å². The van der Waals surface area contributed by atoms with Crippen molar-refractivity contribution in [3.05, 3.63) is 45.4 Å². The number of ether oxygens (including phenoxy) is 1. The van der Waals surface area contributed by atoms with Gasteiger partial charge >= 0.3 is 0 Å². The lowest BCUT2D eigenvalue weighted by atomic mass is 10.1. The maximum absolute atomic E-state index is 5.35. The van der Waals surface area contributed by atoms with Crippen LogP contribution in [0.3, 0.4) is 0 Å². The van der Waals surface area contributed by atoms with Crippen molar-refractivity contribution in [2.45, 2.75) is 39.7 Å². The molecule has 1 N–H and O–H groups in total. The van der Waals surface area contributed by atoms with Gasteiger partial charge in [0.2, 0.25) is 0 Å². The Labute approximate surface area is 131 Å². The average molecular weight is 304 g/mol. The van der Waals surface area contributed by atoms with Gasteiger partial charge in [0.05, 0.1) is 18.8 Å². The summed E-state index contributed by atoms with van der Waals surface area (Å²) in [7, 11) is 1.70. The number of thiazole rings is 1. The number of aromatic nitrogens is 1. The normalized spacial score (nSPS) is 12.4. The molecule has 0 aliphatic heterocycles. The van der Waals surface area contributed by atoms with E-state index >= 15 is 0 Å². The minimum absolute atomic E-state index is 0.143. The molecule has 21 heavy (non-hydrogen) atoms. The van der Waals surface area contributed by atoms with E-state index in [-0.39, 0.29) is 6.04 Å². The van der Waals surface area contributed by atoms with E-state index < -0.39 is 0 Å². The summed E-state index contributed by atoms with van der Waals surface area (Å²) in [6, 6.07) is 8.39. The predicted octanol–water partition coefficient (Wildman–Crippen LogP) is 4.11. The Balaban J connectivity index is 2.36. The first-order chi connectivity index (χ1) is 10.2. The molecule has 0 fully saturated rings. The fourth-order valence-corrected chi connectivity index (χ4v) is 3.47. The van der Waals surface area contributed by atoms with E-state index in [1.807, 2.05) is 12.1 Å². The second kappa shape index (κ2) is 7.57. The number of hydrogen-bond acceptors (Lipinski definition) is 4. The van der Waals surface area contributed by atoms with Gasteiger partial charge in [-0.25, -0.2) is 4.98 Å². The molecule has 0 aliphatic carbocycles. The van der Waals surface area contributed by atoms with Gasteiger partial charge in [-0.3, -0.25) is 0 Å². The molecule has 0 spiro atoms. The van der Waals surface area contributed by atoms with Crippen molar-refractivity contribution in [1.29, 1.82) is 0 Å². The number of nitrogens with one attached hydrogen (secondary N) is 1. The van der Waals surface area contributed by atoms with Crippen LogP contribution in [0.25, 0.3) is 0 Å². The van der Waals surface area contributed by atoms with Crippen LogP contribution in [0.1, 0.15) is 47.5 Å². The van der Waals surface area contributed by atoms with Gasteiger partial charge in [0.1, 0.15) is 10.8 Å². The van der Waals surface area contributed by atoms with Crippen LogP contribution in [-0.2, 0) is 6.42 Å². The highest BCUT2D eigenvalue weighted by Crippen LogP contribution is 2.30. The number of nitrogens with zero attached hydrogens (tertiary/aromatic N) is 1. The molecule has 0 saturated heterocycles. The van der Waals surface area contributed by atoms with Crippen LogP contribution in [0.15, 0.2) is 24.3 Å². The van der Waals surface area contributed by atoms with Crippen LogP contribution in [0.2, 0.25) is 0 Å². The lowest BCUT2D eigenvalue weighted by molar-refractivity contribution is 0.413. The standard InChI is InChI=1S/C17H24N2OS/c1-5-10-18-16(13-8-7-9-14(11-13)20-4)17-19-15(6-2)12(3)21-17/h7-9,11,16,18H,5-6,10H2,1-4H3. The zero-order valence-corrected chi connectivity index (χ0v) is 14.1. The van der Waals surface area contributed by atoms with E-state index in [1.165, 1.54) is 16.1 Å². The van der Waals surface area contributed by atoms with E-state index in [9.17, 15) is 0 Å². The minimum atomic E-state index is 0.143. The van der Waals surface area contributed by atoms with Crippen LogP contribution in [0.5, 0.6) is 5.75 Å². The summed E-state index contributed by atoms with van der Waals surface area (Å²) in [5, 5.41) is 4.75. The average Bonchev–Trinajstić information content (AvgIpc) is 2.88. The third-order valence-electron chi connectivity index (χ3n) is 3.52. The van der Waals surface area contributed by atoms with E-state index in [4.69, 9.17) is 9.72 Å². The molecule has 1 heterocycles.